The molecule has 0 radical (unpaired) electrons. The highest BCUT2D eigenvalue weighted by Gasteiger charge is 2.17. The molecule has 1 saturated heterocycles. The summed E-state index contributed by atoms with van der Waals surface area (Å²) in [4.78, 5) is 25.5. The Balaban J connectivity index is 2.28. The lowest BCUT2D eigenvalue weighted by molar-refractivity contribution is -0.113. The zero-order valence-electron chi connectivity index (χ0n) is 12.2. The number of hydrogen-bond donors (Lipinski definition) is 2. The molecule has 1 aromatic rings. The lowest BCUT2D eigenvalue weighted by Crippen LogP contribution is -2.30. The number of nitrogens with zero attached hydrogens (tertiary/aromatic N) is 1. The monoisotopic (exact) mass is 307 g/mol. The number of primary amides is 1. The molecule has 0 spiro atoms. The first kappa shape index (κ1) is 15.7. The Morgan fingerprint density at radius 3 is 2.62 bits per heavy atom. The highest BCUT2D eigenvalue weighted by Crippen LogP contribution is 2.29. The predicted molar refractivity (Wildman–Crippen MR) is 88.0 cm³/mol. The summed E-state index contributed by atoms with van der Waals surface area (Å²) in [7, 11) is 0. The van der Waals surface area contributed by atoms with Crippen LogP contribution in [0.25, 0.3) is 0 Å². The van der Waals surface area contributed by atoms with Crippen molar-refractivity contribution in [1.82, 2.24) is 0 Å². The molecule has 0 saturated carbocycles. The van der Waals surface area contributed by atoms with Gasteiger partial charge in [0.1, 0.15) is 0 Å². The fourth-order valence-electron chi connectivity index (χ4n) is 2.52. The van der Waals surface area contributed by atoms with Crippen molar-refractivity contribution in [3.05, 3.63) is 23.8 Å². The number of nitrogens with two attached hydrogens (primary N) is 1. The van der Waals surface area contributed by atoms with Crippen molar-refractivity contribution in [3.63, 3.8) is 0 Å². The van der Waals surface area contributed by atoms with Gasteiger partial charge in [0, 0.05) is 18.7 Å². The minimum absolute atomic E-state index is 0.0672. The van der Waals surface area contributed by atoms with E-state index in [0.29, 0.717) is 17.0 Å². The molecule has 6 heteroatoms. The lowest BCUT2D eigenvalue weighted by atomic mass is 10.1. The summed E-state index contributed by atoms with van der Waals surface area (Å²) in [5.74, 6) is -0.164. The van der Waals surface area contributed by atoms with Crippen molar-refractivity contribution in [2.75, 3.05) is 35.3 Å². The summed E-state index contributed by atoms with van der Waals surface area (Å²) >= 11 is 1.46. The van der Waals surface area contributed by atoms with E-state index in [4.69, 9.17) is 5.73 Å². The fraction of sp³-hybridized carbons (Fsp3) is 0.467. The molecule has 1 aliphatic rings. The molecule has 114 valence electrons. The van der Waals surface area contributed by atoms with Gasteiger partial charge in [-0.3, -0.25) is 9.59 Å². The SMILES string of the molecule is CSCC(=O)Nc1cc(C(N)=O)ccc1N1CCCCC1. The molecule has 1 heterocycles. The molecule has 1 aromatic carbocycles. The van der Waals surface area contributed by atoms with Crippen LogP contribution in [-0.4, -0.2) is 36.9 Å². The van der Waals surface area contributed by atoms with Crippen LogP contribution in [0.5, 0.6) is 0 Å². The van der Waals surface area contributed by atoms with Gasteiger partial charge in [0.15, 0.2) is 0 Å². The third kappa shape index (κ3) is 4.14. The molecule has 0 atom stereocenters. The number of nitrogens with one attached hydrogen (secondary N) is 1. The van der Waals surface area contributed by atoms with E-state index in [9.17, 15) is 9.59 Å². The molecule has 0 aromatic heterocycles. The molecule has 0 aliphatic carbocycles. The lowest BCUT2D eigenvalue weighted by Gasteiger charge is -2.30. The number of piperidine rings is 1. The Morgan fingerprint density at radius 2 is 2.00 bits per heavy atom. The van der Waals surface area contributed by atoms with Gasteiger partial charge in [0.2, 0.25) is 11.8 Å². The number of benzene rings is 1. The summed E-state index contributed by atoms with van der Waals surface area (Å²) in [5.41, 5.74) is 7.38. The first-order chi connectivity index (χ1) is 10.1. The number of thioether (sulfide) groups is 1. The molecular weight excluding hydrogens is 286 g/mol. The van der Waals surface area contributed by atoms with Gasteiger partial charge >= 0.3 is 0 Å². The topological polar surface area (TPSA) is 75.4 Å². The smallest absolute Gasteiger partial charge is 0.248 e. The molecular formula is C15H21N3O2S. The zero-order chi connectivity index (χ0) is 15.2. The summed E-state index contributed by atoms with van der Waals surface area (Å²) in [5, 5.41) is 2.89. The van der Waals surface area contributed by atoms with Gasteiger partial charge in [-0.1, -0.05) is 0 Å². The Labute approximate surface area is 129 Å². The maximum atomic E-state index is 11.9. The summed E-state index contributed by atoms with van der Waals surface area (Å²) in [6.45, 7) is 1.95. The number of amides is 2. The quantitative estimate of drug-likeness (QED) is 0.873. The first-order valence-electron chi connectivity index (χ1n) is 7.09. The molecule has 3 N–H and O–H groups in total. The number of carbonyl (C=O) groups excluding carboxylic acids is 2. The molecule has 5 nitrogen and oxygen atoms in total. The van der Waals surface area contributed by atoms with E-state index in [1.54, 1.807) is 12.1 Å². The Bertz CT molecular complexity index is 528. The molecule has 0 bridgehead atoms. The van der Waals surface area contributed by atoms with E-state index in [0.717, 1.165) is 31.6 Å². The van der Waals surface area contributed by atoms with E-state index in [-0.39, 0.29) is 5.91 Å². The second-order valence-electron chi connectivity index (χ2n) is 5.13. The second-order valence-corrected chi connectivity index (χ2v) is 5.99. The number of hydrogen-bond acceptors (Lipinski definition) is 4. The largest absolute Gasteiger partial charge is 0.370 e. The zero-order valence-corrected chi connectivity index (χ0v) is 13.0. The van der Waals surface area contributed by atoms with Crippen LogP contribution in [-0.2, 0) is 4.79 Å². The Morgan fingerprint density at radius 1 is 1.29 bits per heavy atom. The minimum Gasteiger partial charge on any atom is -0.370 e. The van der Waals surface area contributed by atoms with Crippen molar-refractivity contribution >= 4 is 35.0 Å². The van der Waals surface area contributed by atoms with Gasteiger partial charge < -0.3 is 16.0 Å². The van der Waals surface area contributed by atoms with Crippen LogP contribution in [0.4, 0.5) is 11.4 Å². The van der Waals surface area contributed by atoms with Crippen LogP contribution in [0.15, 0.2) is 18.2 Å². The molecule has 21 heavy (non-hydrogen) atoms. The van der Waals surface area contributed by atoms with Gasteiger partial charge in [-0.25, -0.2) is 0 Å². The molecule has 2 amide bonds. The predicted octanol–water partition coefficient (Wildman–Crippen LogP) is 2.08. The third-order valence-corrected chi connectivity index (χ3v) is 4.08. The summed E-state index contributed by atoms with van der Waals surface area (Å²) < 4.78 is 0. The molecule has 1 fully saturated rings. The van der Waals surface area contributed by atoms with Crippen molar-refractivity contribution in [1.29, 1.82) is 0 Å². The molecule has 2 rings (SSSR count). The molecule has 0 unspecified atom stereocenters. The van der Waals surface area contributed by atoms with Gasteiger partial charge in [-0.2, -0.15) is 11.8 Å². The average molecular weight is 307 g/mol. The van der Waals surface area contributed by atoms with E-state index < -0.39 is 5.91 Å². The van der Waals surface area contributed by atoms with E-state index >= 15 is 0 Å². The van der Waals surface area contributed by atoms with Gasteiger partial charge in [0.25, 0.3) is 0 Å². The van der Waals surface area contributed by atoms with Crippen molar-refractivity contribution < 1.29 is 9.59 Å². The van der Waals surface area contributed by atoms with Crippen LogP contribution < -0.4 is 16.0 Å². The normalized spacial score (nSPS) is 14.8. The number of carbonyl (C=O) groups is 2. The van der Waals surface area contributed by atoms with Crippen LogP contribution in [0, 0.1) is 0 Å². The van der Waals surface area contributed by atoms with E-state index in [2.05, 4.69) is 10.2 Å². The Hall–Kier alpha value is -1.69. The van der Waals surface area contributed by atoms with Gasteiger partial charge in [-0.15, -0.1) is 0 Å². The van der Waals surface area contributed by atoms with Crippen LogP contribution in [0.2, 0.25) is 0 Å². The maximum Gasteiger partial charge on any atom is 0.248 e. The van der Waals surface area contributed by atoms with Gasteiger partial charge in [-0.05, 0) is 43.7 Å². The van der Waals surface area contributed by atoms with Crippen LogP contribution in [0.1, 0.15) is 29.6 Å². The third-order valence-electron chi connectivity index (χ3n) is 3.53. The van der Waals surface area contributed by atoms with Crippen molar-refractivity contribution in [2.24, 2.45) is 5.73 Å². The highest BCUT2D eigenvalue weighted by molar-refractivity contribution is 7.99. The maximum absolute atomic E-state index is 11.9. The Kier molecular flexibility index (Phi) is 5.50. The molecule has 1 aliphatic heterocycles. The van der Waals surface area contributed by atoms with Crippen LogP contribution in [0.3, 0.4) is 0 Å². The highest BCUT2D eigenvalue weighted by atomic mass is 32.2. The second kappa shape index (κ2) is 7.36. The fourth-order valence-corrected chi connectivity index (χ4v) is 2.85. The van der Waals surface area contributed by atoms with Crippen molar-refractivity contribution in [3.8, 4) is 0 Å². The van der Waals surface area contributed by atoms with Gasteiger partial charge in [0.05, 0.1) is 17.1 Å². The van der Waals surface area contributed by atoms with E-state index in [1.807, 2.05) is 12.3 Å². The average Bonchev–Trinajstić information content (AvgIpc) is 2.48. The van der Waals surface area contributed by atoms with E-state index in [1.165, 1.54) is 18.2 Å². The minimum atomic E-state index is -0.486. The first-order valence-corrected chi connectivity index (χ1v) is 8.49. The number of anilines is 2. The standard InChI is InChI=1S/C15H21N3O2S/c1-21-10-14(19)17-12-9-11(15(16)20)5-6-13(12)18-7-3-2-4-8-18/h5-6,9H,2-4,7-8,10H2,1H3,(H2,16,20)(H,17,19). The van der Waals surface area contributed by atoms with Crippen molar-refractivity contribution in [2.45, 2.75) is 19.3 Å². The number of rotatable bonds is 5. The van der Waals surface area contributed by atoms with Crippen LogP contribution >= 0.6 is 11.8 Å². The summed E-state index contributed by atoms with van der Waals surface area (Å²) in [6, 6.07) is 5.26. The summed E-state index contributed by atoms with van der Waals surface area (Å²) in [6.07, 6.45) is 5.42.